The van der Waals surface area contributed by atoms with Gasteiger partial charge in [0.25, 0.3) is 0 Å². The molecule has 15 heavy (non-hydrogen) atoms. The van der Waals surface area contributed by atoms with Crippen molar-refractivity contribution in [3.63, 3.8) is 0 Å². The normalized spacial score (nSPS) is 9.87. The van der Waals surface area contributed by atoms with Crippen molar-refractivity contribution in [2.75, 3.05) is 0 Å². The molecular formula is C13H10OS. The van der Waals surface area contributed by atoms with E-state index in [1.54, 1.807) is 6.08 Å². The second kappa shape index (κ2) is 4.24. The molecular weight excluding hydrogens is 204 g/mol. The lowest BCUT2D eigenvalue weighted by Gasteiger charge is -2.02. The van der Waals surface area contributed by atoms with Crippen LogP contribution in [0.1, 0.15) is 20.8 Å². The number of benzene rings is 1. The molecule has 0 saturated carbocycles. The molecule has 0 N–H and O–H groups in total. The molecule has 74 valence electrons. The molecule has 2 heteroatoms. The Kier molecular flexibility index (Phi) is 2.79. The Labute approximate surface area is 92.7 Å². The summed E-state index contributed by atoms with van der Waals surface area (Å²) in [7, 11) is 0. The summed E-state index contributed by atoms with van der Waals surface area (Å²) >= 11 is 1.46. The van der Waals surface area contributed by atoms with E-state index in [2.05, 4.69) is 6.58 Å². The molecule has 1 heterocycles. The zero-order valence-electron chi connectivity index (χ0n) is 8.14. The quantitative estimate of drug-likeness (QED) is 0.713. The fourth-order valence-electron chi connectivity index (χ4n) is 1.42. The number of carbonyl (C=O) groups excluding carboxylic acids is 1. The number of thiophene rings is 1. The lowest BCUT2D eigenvalue weighted by molar-refractivity contribution is 0.104. The van der Waals surface area contributed by atoms with Crippen molar-refractivity contribution < 1.29 is 4.79 Å². The molecule has 0 aliphatic carbocycles. The third-order valence-electron chi connectivity index (χ3n) is 2.17. The minimum absolute atomic E-state index is 0.0699. The lowest BCUT2D eigenvalue weighted by atomic mass is 10.0. The van der Waals surface area contributed by atoms with Crippen molar-refractivity contribution >= 4 is 23.2 Å². The molecule has 1 nitrogen and oxygen atoms in total. The van der Waals surface area contributed by atoms with Gasteiger partial charge in [0, 0.05) is 5.56 Å². The van der Waals surface area contributed by atoms with Gasteiger partial charge >= 0.3 is 0 Å². The molecule has 0 amide bonds. The maximum absolute atomic E-state index is 12.0. The second-order valence-electron chi connectivity index (χ2n) is 3.10. The first-order valence-corrected chi connectivity index (χ1v) is 5.50. The van der Waals surface area contributed by atoms with E-state index in [-0.39, 0.29) is 5.78 Å². The van der Waals surface area contributed by atoms with Gasteiger partial charge in [-0.2, -0.15) is 0 Å². The summed E-state index contributed by atoms with van der Waals surface area (Å²) in [5.74, 6) is 0.0699. The molecule has 2 rings (SSSR count). The molecule has 0 bridgehead atoms. The third kappa shape index (κ3) is 1.90. The van der Waals surface area contributed by atoms with Gasteiger partial charge < -0.3 is 0 Å². The van der Waals surface area contributed by atoms with Gasteiger partial charge in [0.15, 0.2) is 0 Å². The summed E-state index contributed by atoms with van der Waals surface area (Å²) in [6, 6.07) is 11.2. The molecule has 0 aliphatic rings. The van der Waals surface area contributed by atoms with E-state index in [0.29, 0.717) is 0 Å². The highest BCUT2D eigenvalue weighted by molar-refractivity contribution is 7.12. The third-order valence-corrected chi connectivity index (χ3v) is 3.04. The predicted molar refractivity (Wildman–Crippen MR) is 64.3 cm³/mol. The first-order valence-electron chi connectivity index (χ1n) is 4.62. The van der Waals surface area contributed by atoms with Gasteiger partial charge in [0.1, 0.15) is 0 Å². The monoisotopic (exact) mass is 214 g/mol. The highest BCUT2D eigenvalue weighted by atomic mass is 32.1. The summed E-state index contributed by atoms with van der Waals surface area (Å²) in [4.78, 5) is 12.8. The molecule has 0 atom stereocenters. The molecule has 2 aromatic rings. The van der Waals surface area contributed by atoms with Crippen LogP contribution in [0.4, 0.5) is 0 Å². The highest BCUT2D eigenvalue weighted by Gasteiger charge is 2.11. The summed E-state index contributed by atoms with van der Waals surface area (Å²) in [5, 5.41) is 1.91. The van der Waals surface area contributed by atoms with Gasteiger partial charge in [-0.05, 0) is 17.0 Å². The zero-order valence-corrected chi connectivity index (χ0v) is 8.96. The lowest BCUT2D eigenvalue weighted by Crippen LogP contribution is -2.00. The van der Waals surface area contributed by atoms with Crippen molar-refractivity contribution in [1.29, 1.82) is 0 Å². The average molecular weight is 214 g/mol. The van der Waals surface area contributed by atoms with Crippen LogP contribution in [0, 0.1) is 0 Å². The topological polar surface area (TPSA) is 17.1 Å². The van der Waals surface area contributed by atoms with Crippen molar-refractivity contribution in [1.82, 2.24) is 0 Å². The van der Waals surface area contributed by atoms with Crippen molar-refractivity contribution in [3.8, 4) is 0 Å². The van der Waals surface area contributed by atoms with Gasteiger partial charge in [-0.3, -0.25) is 4.79 Å². The zero-order chi connectivity index (χ0) is 10.7. The van der Waals surface area contributed by atoms with Crippen LogP contribution in [0.2, 0.25) is 0 Å². The summed E-state index contributed by atoms with van der Waals surface area (Å²) in [6.07, 6.45) is 1.71. The Hall–Kier alpha value is -1.67. The van der Waals surface area contributed by atoms with E-state index in [9.17, 15) is 4.79 Å². The number of hydrogen-bond acceptors (Lipinski definition) is 2. The number of hydrogen-bond donors (Lipinski definition) is 0. The van der Waals surface area contributed by atoms with Gasteiger partial charge in [0.2, 0.25) is 5.78 Å². The number of carbonyl (C=O) groups is 1. The Balaban J connectivity index is 2.46. The maximum atomic E-state index is 12.0. The van der Waals surface area contributed by atoms with Crippen LogP contribution in [-0.2, 0) is 0 Å². The predicted octanol–water partition coefficient (Wildman–Crippen LogP) is 3.62. The first-order chi connectivity index (χ1) is 7.33. The largest absolute Gasteiger partial charge is 0.288 e. The fourth-order valence-corrected chi connectivity index (χ4v) is 2.10. The smallest absolute Gasteiger partial charge is 0.203 e. The number of rotatable bonds is 3. The summed E-state index contributed by atoms with van der Waals surface area (Å²) in [6.45, 7) is 3.71. The van der Waals surface area contributed by atoms with E-state index in [1.807, 2.05) is 41.8 Å². The molecule has 0 radical (unpaired) electrons. The van der Waals surface area contributed by atoms with E-state index < -0.39 is 0 Å². The Morgan fingerprint density at radius 1 is 1.20 bits per heavy atom. The highest BCUT2D eigenvalue weighted by Crippen LogP contribution is 2.18. The van der Waals surface area contributed by atoms with Gasteiger partial charge in [0.05, 0.1) is 4.88 Å². The Morgan fingerprint density at radius 2 is 2.00 bits per heavy atom. The standard InChI is InChI=1S/C13H10OS/c1-2-10-6-3-4-7-11(10)13(14)12-8-5-9-15-12/h2-9H,1H2. The maximum Gasteiger partial charge on any atom is 0.203 e. The molecule has 1 aromatic carbocycles. The van der Waals surface area contributed by atoms with Crippen molar-refractivity contribution in [2.45, 2.75) is 0 Å². The van der Waals surface area contributed by atoms with Crippen LogP contribution < -0.4 is 0 Å². The number of ketones is 1. The summed E-state index contributed by atoms with van der Waals surface area (Å²) in [5.41, 5.74) is 1.60. The molecule has 1 aromatic heterocycles. The Morgan fingerprint density at radius 3 is 2.67 bits per heavy atom. The minimum atomic E-state index is 0.0699. The van der Waals surface area contributed by atoms with Crippen LogP contribution in [0.3, 0.4) is 0 Å². The average Bonchev–Trinajstić information content (AvgIpc) is 2.81. The summed E-state index contributed by atoms with van der Waals surface area (Å²) < 4.78 is 0. The van der Waals surface area contributed by atoms with Crippen molar-refractivity contribution in [2.24, 2.45) is 0 Å². The van der Waals surface area contributed by atoms with Crippen LogP contribution in [-0.4, -0.2) is 5.78 Å². The fraction of sp³-hybridized carbons (Fsp3) is 0. The van der Waals surface area contributed by atoms with E-state index in [1.165, 1.54) is 11.3 Å². The molecule has 0 spiro atoms. The molecule has 0 aliphatic heterocycles. The van der Waals surface area contributed by atoms with Gasteiger partial charge in [-0.1, -0.05) is 43.0 Å². The minimum Gasteiger partial charge on any atom is -0.288 e. The molecule has 0 unspecified atom stereocenters. The molecule has 0 fully saturated rings. The van der Waals surface area contributed by atoms with Gasteiger partial charge in [-0.15, -0.1) is 11.3 Å². The van der Waals surface area contributed by atoms with Gasteiger partial charge in [-0.25, -0.2) is 0 Å². The van der Waals surface area contributed by atoms with E-state index in [4.69, 9.17) is 0 Å². The van der Waals surface area contributed by atoms with Crippen LogP contribution >= 0.6 is 11.3 Å². The SMILES string of the molecule is C=Cc1ccccc1C(=O)c1cccs1. The van der Waals surface area contributed by atoms with Crippen LogP contribution in [0.5, 0.6) is 0 Å². The molecule has 0 saturated heterocycles. The van der Waals surface area contributed by atoms with Crippen LogP contribution in [0.25, 0.3) is 6.08 Å². The second-order valence-corrected chi connectivity index (χ2v) is 4.05. The van der Waals surface area contributed by atoms with E-state index >= 15 is 0 Å². The first kappa shape index (κ1) is 9.87. The van der Waals surface area contributed by atoms with E-state index in [0.717, 1.165) is 16.0 Å². The van der Waals surface area contributed by atoms with Crippen LogP contribution in [0.15, 0.2) is 48.4 Å². The Bertz CT molecular complexity index is 483. The van der Waals surface area contributed by atoms with Crippen molar-refractivity contribution in [3.05, 3.63) is 64.4 Å².